The van der Waals surface area contributed by atoms with Crippen molar-refractivity contribution in [1.82, 2.24) is 9.13 Å². The van der Waals surface area contributed by atoms with Crippen LogP contribution in [-0.4, -0.2) is 15.8 Å². The summed E-state index contributed by atoms with van der Waals surface area (Å²) in [6, 6.07) is 95.4. The van der Waals surface area contributed by atoms with Crippen molar-refractivity contribution < 1.29 is 0 Å². The first-order valence-electron chi connectivity index (χ1n) is 40.2. The Hall–Kier alpha value is -10.3. The van der Waals surface area contributed by atoms with Gasteiger partial charge in [-0.15, -0.1) is 0 Å². The number of anilines is 9. The molecule has 0 aliphatic carbocycles. The molecule has 5 nitrogen and oxygen atoms in total. The zero-order chi connectivity index (χ0) is 78.2. The third-order valence-corrected chi connectivity index (χ3v) is 23.8. The fourth-order valence-electron chi connectivity index (χ4n) is 17.0. The van der Waals surface area contributed by atoms with Gasteiger partial charge in [0.1, 0.15) is 0 Å². The van der Waals surface area contributed by atoms with Gasteiger partial charge in [0.05, 0.1) is 27.8 Å². The molecule has 556 valence electrons. The van der Waals surface area contributed by atoms with E-state index in [4.69, 9.17) is 0 Å². The predicted octanol–water partition coefficient (Wildman–Crippen LogP) is 27.5. The first-order chi connectivity index (χ1) is 51.6. The fraction of sp³-hybridized carbons (Fsp3) is 0.308. The Labute approximate surface area is 656 Å². The van der Waals surface area contributed by atoms with E-state index in [0.717, 1.165) is 62.6 Å². The summed E-state index contributed by atoms with van der Waals surface area (Å²) in [6.07, 6.45) is 0. The van der Waals surface area contributed by atoms with Crippen LogP contribution in [0.4, 0.5) is 51.2 Å². The summed E-state index contributed by atoms with van der Waals surface area (Å²) in [4.78, 5) is 8.12. The second-order valence-electron chi connectivity index (χ2n) is 40.2. The Balaban J connectivity index is 1.11. The Morgan fingerprint density at radius 2 is 0.527 bits per heavy atom. The highest BCUT2D eigenvalue weighted by atomic mass is 15.2. The second kappa shape index (κ2) is 25.6. The monoisotopic (exact) mass is 1440 g/mol. The predicted molar refractivity (Wildman–Crippen MR) is 479 cm³/mol. The number of hydrogen-bond acceptors (Lipinski definition) is 3. The zero-order valence-electron chi connectivity index (χ0n) is 69.9. The van der Waals surface area contributed by atoms with E-state index >= 15 is 0 Å². The number of benzene rings is 12. The molecule has 110 heavy (non-hydrogen) atoms. The number of fused-ring (bicyclic) bond motifs is 10. The normalized spacial score (nSPS) is 13.8. The van der Waals surface area contributed by atoms with Crippen molar-refractivity contribution in [3.63, 3.8) is 0 Å². The highest BCUT2D eigenvalue weighted by molar-refractivity contribution is 7.00. The number of hydrogen-bond donors (Lipinski definition) is 0. The summed E-state index contributed by atoms with van der Waals surface area (Å²) >= 11 is 0. The Bertz CT molecular complexity index is 5740. The number of nitrogens with zero attached hydrogens (tertiary/aromatic N) is 5. The molecule has 0 radical (unpaired) electrons. The summed E-state index contributed by atoms with van der Waals surface area (Å²) in [6.45, 7) is 57.0. The molecule has 0 saturated heterocycles. The minimum absolute atomic E-state index is 0.181. The second-order valence-corrected chi connectivity index (χ2v) is 40.2. The van der Waals surface area contributed by atoms with Gasteiger partial charge in [0.25, 0.3) is 6.71 Å². The summed E-state index contributed by atoms with van der Waals surface area (Å²) < 4.78 is 5.06. The lowest BCUT2D eigenvalue weighted by molar-refractivity contribution is 0.567. The van der Waals surface area contributed by atoms with E-state index < -0.39 is 0 Å². The maximum absolute atomic E-state index is 2.72. The standard InChI is InChI=1S/C104H112BN5/c1-97(2,3)67-49-68(98(4,5)6)54-77(53-67)106(78-55-69(99(7,8)9)50-70(56-78)100(10,11)12)81-63-94-96-95(64-81)110(80-59-73(103(19,20)21)52-74(60-80)104(22,23)24)93-62-76(108-90-41-33-30-38-84(90)85-48-66(42-47-91(85)108)65-34-26-25-27-35-65)44-46-87(93)105(96)86-45-43-75(107-88-39-31-28-36-82(88)83-37-29-32-40-89(83)107)61-92(86)109(94)79-57-71(101(13,14)15)51-72(58-79)102(16,17)18/h25-64H,1-24H3. The molecule has 0 unspecified atom stereocenters. The molecule has 0 fully saturated rings. The van der Waals surface area contributed by atoms with Gasteiger partial charge in [-0.2, -0.15) is 0 Å². The van der Waals surface area contributed by atoms with Crippen molar-refractivity contribution in [2.24, 2.45) is 0 Å². The zero-order valence-corrected chi connectivity index (χ0v) is 69.9. The molecule has 0 N–H and O–H groups in total. The Morgan fingerprint density at radius 3 is 0.873 bits per heavy atom. The molecule has 0 atom stereocenters. The van der Waals surface area contributed by atoms with E-state index in [2.05, 4.69) is 433 Å². The lowest BCUT2D eigenvalue weighted by Crippen LogP contribution is -2.61. The SMILES string of the molecule is CC(C)(C)c1cc(N(c2cc(C(C)(C)C)cc(C(C)(C)C)c2)c2cc3c4c(c2)N(c2cc(C(C)(C)C)cc(C(C)(C)C)c2)c2cc(-n5c6ccccc6c6cc(-c7ccccc7)ccc65)ccc2B4c2ccc(-n4c5ccccc5c5ccccc54)cc2N3c2cc(C(C)(C)C)cc(C(C)(C)C)c2)cc(C(C)(C)C)c1. The molecule has 14 aromatic rings. The van der Waals surface area contributed by atoms with Gasteiger partial charge in [0, 0.05) is 78.4 Å². The van der Waals surface area contributed by atoms with Gasteiger partial charge in [-0.05, 0) is 231 Å². The molecule has 0 saturated carbocycles. The molecular formula is C104H112BN5. The average molecular weight is 1440 g/mol. The van der Waals surface area contributed by atoms with Crippen LogP contribution in [0.2, 0.25) is 0 Å². The molecule has 4 heterocycles. The minimum Gasteiger partial charge on any atom is -0.311 e. The van der Waals surface area contributed by atoms with Crippen LogP contribution in [0, 0.1) is 0 Å². The summed E-state index contributed by atoms with van der Waals surface area (Å²) in [5.41, 5.74) is 32.2. The molecule has 0 spiro atoms. The maximum atomic E-state index is 2.72. The first-order valence-corrected chi connectivity index (χ1v) is 40.2. The van der Waals surface area contributed by atoms with Crippen molar-refractivity contribution in [3.05, 3.63) is 287 Å². The van der Waals surface area contributed by atoms with Crippen molar-refractivity contribution in [3.8, 4) is 22.5 Å². The van der Waals surface area contributed by atoms with Crippen LogP contribution in [0.25, 0.3) is 66.1 Å². The van der Waals surface area contributed by atoms with Crippen molar-refractivity contribution in [2.45, 2.75) is 209 Å². The topological polar surface area (TPSA) is 19.6 Å². The van der Waals surface area contributed by atoms with E-state index in [0.29, 0.717) is 0 Å². The highest BCUT2D eigenvalue weighted by Gasteiger charge is 2.46. The highest BCUT2D eigenvalue weighted by Crippen LogP contribution is 2.53. The van der Waals surface area contributed by atoms with E-state index in [-0.39, 0.29) is 50.0 Å². The molecule has 2 aliphatic heterocycles. The van der Waals surface area contributed by atoms with Crippen LogP contribution in [-0.2, 0) is 43.3 Å². The van der Waals surface area contributed by atoms with Gasteiger partial charge in [-0.1, -0.05) is 294 Å². The third-order valence-electron chi connectivity index (χ3n) is 23.8. The van der Waals surface area contributed by atoms with Crippen LogP contribution >= 0.6 is 0 Å². The average Bonchev–Trinajstić information content (AvgIpc) is 0.711. The summed E-state index contributed by atoms with van der Waals surface area (Å²) in [5, 5.41) is 4.93. The van der Waals surface area contributed by atoms with Gasteiger partial charge in [0.15, 0.2) is 0 Å². The van der Waals surface area contributed by atoms with Crippen LogP contribution in [0.5, 0.6) is 0 Å². The fourth-order valence-corrected chi connectivity index (χ4v) is 17.0. The number of aromatic nitrogens is 2. The molecule has 2 aromatic heterocycles. The minimum atomic E-state index is -0.234. The molecular weight excluding hydrogens is 1330 g/mol. The Kier molecular flexibility index (Phi) is 17.2. The largest absolute Gasteiger partial charge is 0.311 e. The van der Waals surface area contributed by atoms with E-state index in [1.54, 1.807) is 0 Å². The van der Waals surface area contributed by atoms with Gasteiger partial charge in [-0.3, -0.25) is 0 Å². The van der Waals surface area contributed by atoms with Gasteiger partial charge in [-0.25, -0.2) is 0 Å². The quantitative estimate of drug-likeness (QED) is 0.141. The van der Waals surface area contributed by atoms with Crippen LogP contribution < -0.4 is 31.1 Å². The van der Waals surface area contributed by atoms with Gasteiger partial charge in [0.2, 0.25) is 0 Å². The number of para-hydroxylation sites is 3. The van der Waals surface area contributed by atoms with E-state index in [1.807, 2.05) is 0 Å². The first kappa shape index (κ1) is 73.8. The van der Waals surface area contributed by atoms with Gasteiger partial charge >= 0.3 is 0 Å². The van der Waals surface area contributed by atoms with E-state index in [1.165, 1.54) is 116 Å². The molecule has 0 bridgehead atoms. The molecule has 12 aromatic carbocycles. The molecule has 6 heteroatoms. The maximum Gasteiger partial charge on any atom is 0.252 e. The lowest BCUT2D eigenvalue weighted by atomic mass is 9.33. The summed E-state index contributed by atoms with van der Waals surface area (Å²) in [5.74, 6) is 0. The van der Waals surface area contributed by atoms with E-state index in [9.17, 15) is 0 Å². The van der Waals surface area contributed by atoms with Gasteiger partial charge < -0.3 is 23.8 Å². The van der Waals surface area contributed by atoms with Crippen molar-refractivity contribution in [1.29, 1.82) is 0 Å². The lowest BCUT2D eigenvalue weighted by Gasteiger charge is -2.46. The van der Waals surface area contributed by atoms with Crippen LogP contribution in [0.15, 0.2) is 243 Å². The summed E-state index contributed by atoms with van der Waals surface area (Å²) in [7, 11) is 0. The van der Waals surface area contributed by atoms with Crippen LogP contribution in [0.1, 0.15) is 211 Å². The smallest absolute Gasteiger partial charge is 0.252 e. The molecule has 0 amide bonds. The Morgan fingerprint density at radius 1 is 0.227 bits per heavy atom. The number of rotatable bonds is 8. The molecule has 16 rings (SSSR count). The molecule has 2 aliphatic rings. The third kappa shape index (κ3) is 12.9. The van der Waals surface area contributed by atoms with Crippen molar-refractivity contribution >= 4 is 118 Å². The van der Waals surface area contributed by atoms with Crippen LogP contribution in [0.3, 0.4) is 0 Å². The van der Waals surface area contributed by atoms with Crippen molar-refractivity contribution in [2.75, 3.05) is 14.7 Å².